The normalized spacial score (nSPS) is 15.7. The van der Waals surface area contributed by atoms with Crippen molar-refractivity contribution in [2.75, 3.05) is 0 Å². The molecule has 0 N–H and O–H groups in total. The average Bonchev–Trinajstić information content (AvgIpc) is 2.59. The SMILES string of the molecule is Cc1nc2nnc3c(n2n1)CCCC3=O. The van der Waals surface area contributed by atoms with E-state index in [1.54, 1.807) is 11.4 Å². The monoisotopic (exact) mass is 203 g/mol. The van der Waals surface area contributed by atoms with E-state index >= 15 is 0 Å². The number of carbonyl (C=O) groups excluding carboxylic acids is 1. The van der Waals surface area contributed by atoms with Gasteiger partial charge >= 0.3 is 0 Å². The van der Waals surface area contributed by atoms with Crippen molar-refractivity contribution in [2.24, 2.45) is 0 Å². The van der Waals surface area contributed by atoms with Gasteiger partial charge in [0.15, 0.2) is 11.5 Å². The molecule has 3 rings (SSSR count). The molecule has 0 spiro atoms. The molecule has 0 fully saturated rings. The van der Waals surface area contributed by atoms with Gasteiger partial charge in [0.1, 0.15) is 5.82 Å². The van der Waals surface area contributed by atoms with Gasteiger partial charge in [0, 0.05) is 6.42 Å². The second-order valence-corrected chi connectivity index (χ2v) is 3.64. The standard InChI is InChI=1S/C9H9N5O/c1-5-10-9-12-11-8-6(14(9)13-5)3-2-4-7(8)15/h2-4H2,1H3. The first-order valence-electron chi connectivity index (χ1n) is 4.88. The summed E-state index contributed by atoms with van der Waals surface area (Å²) >= 11 is 0. The maximum Gasteiger partial charge on any atom is 0.272 e. The predicted molar refractivity (Wildman–Crippen MR) is 50.6 cm³/mol. The first kappa shape index (κ1) is 8.46. The largest absolute Gasteiger partial charge is 0.292 e. The van der Waals surface area contributed by atoms with Crippen molar-refractivity contribution < 1.29 is 4.79 Å². The minimum atomic E-state index is 0.0544. The lowest BCUT2D eigenvalue weighted by Gasteiger charge is -2.12. The number of nitrogens with zero attached hydrogens (tertiary/aromatic N) is 5. The number of hydrogen-bond acceptors (Lipinski definition) is 5. The van der Waals surface area contributed by atoms with E-state index in [0.717, 1.165) is 18.5 Å². The molecule has 0 bridgehead atoms. The number of carbonyl (C=O) groups is 1. The Kier molecular flexibility index (Phi) is 1.59. The summed E-state index contributed by atoms with van der Waals surface area (Å²) in [5.41, 5.74) is 1.30. The molecule has 2 aromatic heterocycles. The quantitative estimate of drug-likeness (QED) is 0.617. The summed E-state index contributed by atoms with van der Waals surface area (Å²) in [4.78, 5) is 15.7. The molecule has 6 nitrogen and oxygen atoms in total. The van der Waals surface area contributed by atoms with Crippen molar-refractivity contribution in [1.82, 2.24) is 24.8 Å². The number of hydrogen-bond donors (Lipinski definition) is 0. The Balaban J connectivity index is 2.37. The van der Waals surface area contributed by atoms with Crippen LogP contribution in [0.5, 0.6) is 0 Å². The summed E-state index contributed by atoms with van der Waals surface area (Å²) < 4.78 is 1.63. The van der Waals surface area contributed by atoms with Crippen LogP contribution >= 0.6 is 0 Å². The summed E-state index contributed by atoms with van der Waals surface area (Å²) in [6.07, 6.45) is 2.22. The summed E-state index contributed by atoms with van der Waals surface area (Å²) in [6.45, 7) is 1.80. The predicted octanol–water partition coefficient (Wildman–Crippen LogP) is 0.347. The fraction of sp³-hybridized carbons (Fsp3) is 0.444. The number of Topliss-reactive ketones (excluding diaryl/α,β-unsaturated/α-hetero) is 1. The van der Waals surface area contributed by atoms with Crippen LogP contribution in [0, 0.1) is 6.92 Å². The Hall–Kier alpha value is -1.85. The van der Waals surface area contributed by atoms with Crippen LogP contribution in [0.15, 0.2) is 0 Å². The first-order valence-corrected chi connectivity index (χ1v) is 4.88. The molecule has 2 aromatic rings. The van der Waals surface area contributed by atoms with Crippen molar-refractivity contribution in [1.29, 1.82) is 0 Å². The zero-order valence-electron chi connectivity index (χ0n) is 8.27. The summed E-state index contributed by atoms with van der Waals surface area (Å²) in [5.74, 6) is 1.18. The number of aromatic nitrogens is 5. The Morgan fingerprint density at radius 3 is 3.00 bits per heavy atom. The van der Waals surface area contributed by atoms with Gasteiger partial charge in [-0.25, -0.2) is 0 Å². The van der Waals surface area contributed by atoms with Gasteiger partial charge in [-0.3, -0.25) is 4.79 Å². The number of aryl methyl sites for hydroxylation is 2. The molecule has 0 radical (unpaired) electrons. The minimum Gasteiger partial charge on any atom is -0.292 e. The summed E-state index contributed by atoms with van der Waals surface area (Å²) in [5, 5.41) is 12.0. The van der Waals surface area contributed by atoms with E-state index in [2.05, 4.69) is 20.3 Å². The van der Waals surface area contributed by atoms with Crippen LogP contribution in [0.2, 0.25) is 0 Å². The van der Waals surface area contributed by atoms with Gasteiger partial charge in [0.05, 0.1) is 5.69 Å². The zero-order chi connectivity index (χ0) is 10.4. The Bertz CT molecular complexity index is 559. The molecule has 0 aromatic carbocycles. The van der Waals surface area contributed by atoms with E-state index in [1.165, 1.54) is 0 Å². The molecule has 0 saturated heterocycles. The number of rotatable bonds is 0. The van der Waals surface area contributed by atoms with E-state index in [9.17, 15) is 4.79 Å². The molecular weight excluding hydrogens is 194 g/mol. The first-order chi connectivity index (χ1) is 7.25. The molecule has 0 unspecified atom stereocenters. The molecule has 2 heterocycles. The lowest BCUT2D eigenvalue weighted by Crippen LogP contribution is -2.18. The van der Waals surface area contributed by atoms with Crippen molar-refractivity contribution in [3.8, 4) is 0 Å². The second-order valence-electron chi connectivity index (χ2n) is 3.64. The van der Waals surface area contributed by atoms with Crippen LogP contribution in [0.3, 0.4) is 0 Å². The lowest BCUT2D eigenvalue weighted by molar-refractivity contribution is 0.0964. The van der Waals surface area contributed by atoms with Gasteiger partial charge in [0.2, 0.25) is 0 Å². The van der Waals surface area contributed by atoms with E-state index < -0.39 is 0 Å². The molecule has 15 heavy (non-hydrogen) atoms. The molecule has 1 aliphatic rings. The smallest absolute Gasteiger partial charge is 0.272 e. The van der Waals surface area contributed by atoms with Gasteiger partial charge in [-0.1, -0.05) is 0 Å². The fourth-order valence-corrected chi connectivity index (χ4v) is 1.88. The van der Waals surface area contributed by atoms with Crippen LogP contribution in [0.1, 0.15) is 34.8 Å². The maximum absolute atomic E-state index is 11.6. The third kappa shape index (κ3) is 1.14. The average molecular weight is 203 g/mol. The van der Waals surface area contributed by atoms with Gasteiger partial charge in [-0.15, -0.1) is 15.3 Å². The molecule has 1 aliphatic carbocycles. The molecule has 76 valence electrons. The van der Waals surface area contributed by atoms with E-state index in [0.29, 0.717) is 23.7 Å². The Morgan fingerprint density at radius 2 is 2.13 bits per heavy atom. The third-order valence-electron chi connectivity index (χ3n) is 2.55. The van der Waals surface area contributed by atoms with Crippen molar-refractivity contribution >= 4 is 11.6 Å². The van der Waals surface area contributed by atoms with E-state index in [4.69, 9.17) is 0 Å². The molecule has 0 atom stereocenters. The highest BCUT2D eigenvalue weighted by molar-refractivity contribution is 5.96. The fourth-order valence-electron chi connectivity index (χ4n) is 1.88. The lowest BCUT2D eigenvalue weighted by atomic mass is 10.00. The van der Waals surface area contributed by atoms with Crippen molar-refractivity contribution in [3.05, 3.63) is 17.2 Å². The highest BCUT2D eigenvalue weighted by Crippen LogP contribution is 2.18. The summed E-state index contributed by atoms with van der Waals surface area (Å²) in [6, 6.07) is 0. The maximum atomic E-state index is 11.6. The van der Waals surface area contributed by atoms with Gasteiger partial charge in [0.25, 0.3) is 5.78 Å². The number of fused-ring (bicyclic) bond motifs is 3. The molecule has 0 amide bonds. The minimum absolute atomic E-state index is 0.0544. The summed E-state index contributed by atoms with van der Waals surface area (Å²) in [7, 11) is 0. The molecule has 0 aliphatic heterocycles. The van der Waals surface area contributed by atoms with E-state index in [1.807, 2.05) is 0 Å². The third-order valence-corrected chi connectivity index (χ3v) is 2.55. The van der Waals surface area contributed by atoms with Crippen LogP contribution in [0.25, 0.3) is 5.78 Å². The number of ketones is 1. The van der Waals surface area contributed by atoms with Gasteiger partial charge < -0.3 is 0 Å². The van der Waals surface area contributed by atoms with Crippen molar-refractivity contribution in [2.45, 2.75) is 26.2 Å². The topological polar surface area (TPSA) is 73.0 Å². The van der Waals surface area contributed by atoms with Crippen LogP contribution in [-0.2, 0) is 6.42 Å². The van der Waals surface area contributed by atoms with Crippen molar-refractivity contribution in [3.63, 3.8) is 0 Å². The van der Waals surface area contributed by atoms with Crippen LogP contribution in [0.4, 0.5) is 0 Å². The van der Waals surface area contributed by atoms with Crippen LogP contribution in [-0.4, -0.2) is 30.6 Å². The molecular formula is C9H9N5O. The highest BCUT2D eigenvalue weighted by Gasteiger charge is 2.23. The Labute approximate surface area is 85.3 Å². The van der Waals surface area contributed by atoms with Crippen LogP contribution < -0.4 is 0 Å². The molecule has 0 saturated carbocycles. The van der Waals surface area contributed by atoms with Gasteiger partial charge in [-0.05, 0) is 19.8 Å². The zero-order valence-corrected chi connectivity index (χ0v) is 8.27. The highest BCUT2D eigenvalue weighted by atomic mass is 16.1. The van der Waals surface area contributed by atoms with Gasteiger partial charge in [-0.2, -0.15) is 9.50 Å². The second kappa shape index (κ2) is 2.82. The molecule has 6 heteroatoms. The van der Waals surface area contributed by atoms with E-state index in [-0.39, 0.29) is 5.78 Å². The Morgan fingerprint density at radius 1 is 1.27 bits per heavy atom.